The van der Waals surface area contributed by atoms with Crippen molar-refractivity contribution in [3.63, 3.8) is 0 Å². The summed E-state index contributed by atoms with van der Waals surface area (Å²) in [6, 6.07) is 16.8. The van der Waals surface area contributed by atoms with Crippen LogP contribution in [0.5, 0.6) is 11.5 Å². The molecule has 4 rings (SSSR count). The third kappa shape index (κ3) is 6.06. The molecule has 3 N–H and O–H groups in total. The van der Waals surface area contributed by atoms with Gasteiger partial charge >= 0.3 is 12.0 Å². The van der Waals surface area contributed by atoms with Gasteiger partial charge in [0.05, 0.1) is 24.9 Å². The number of para-hydroxylation sites is 3. The first-order valence-electron chi connectivity index (χ1n) is 10.6. The molecule has 1 aliphatic rings. The summed E-state index contributed by atoms with van der Waals surface area (Å²) in [4.78, 5) is 36.5. The van der Waals surface area contributed by atoms with Crippen LogP contribution in [0.2, 0.25) is 0 Å². The summed E-state index contributed by atoms with van der Waals surface area (Å²) in [5, 5.41) is 7.74. The molecule has 1 unspecified atom stereocenters. The lowest BCUT2D eigenvalue weighted by Crippen LogP contribution is -2.46. The number of rotatable bonds is 8. The fourth-order valence-electron chi connectivity index (χ4n) is 3.20. The number of anilines is 1. The second-order valence-electron chi connectivity index (χ2n) is 7.31. The molecule has 1 aromatic heterocycles. The van der Waals surface area contributed by atoms with E-state index in [9.17, 15) is 14.4 Å². The smallest absolute Gasteiger partial charge is 0.340 e. The molecule has 10 nitrogen and oxygen atoms in total. The van der Waals surface area contributed by atoms with Crippen LogP contribution in [-0.4, -0.2) is 43.8 Å². The zero-order valence-corrected chi connectivity index (χ0v) is 18.1. The summed E-state index contributed by atoms with van der Waals surface area (Å²) in [6.07, 6.45) is 1.15. The fourth-order valence-corrected chi connectivity index (χ4v) is 3.20. The SMILES string of the molecule is O=C(COC(=O)c1ccccc1NCc1ccco1)NC(=O)NCC1COc2ccccc2O1. The Morgan fingerprint density at radius 1 is 0.971 bits per heavy atom. The molecule has 3 aromatic rings. The van der Waals surface area contributed by atoms with E-state index in [-0.39, 0.29) is 18.7 Å². The molecule has 2 aromatic carbocycles. The van der Waals surface area contributed by atoms with Crippen LogP contribution in [-0.2, 0) is 16.1 Å². The molecular weight excluding hydrogens is 442 g/mol. The number of furan rings is 1. The summed E-state index contributed by atoms with van der Waals surface area (Å²) in [5.41, 5.74) is 0.777. The van der Waals surface area contributed by atoms with Crippen LogP contribution in [0.3, 0.4) is 0 Å². The molecule has 34 heavy (non-hydrogen) atoms. The number of carbonyl (C=O) groups is 3. The first-order valence-corrected chi connectivity index (χ1v) is 10.6. The van der Waals surface area contributed by atoms with Crippen molar-refractivity contribution in [1.29, 1.82) is 0 Å². The average molecular weight is 465 g/mol. The highest BCUT2D eigenvalue weighted by atomic mass is 16.6. The number of urea groups is 1. The molecule has 0 saturated heterocycles. The topological polar surface area (TPSA) is 128 Å². The molecule has 2 heterocycles. The second-order valence-corrected chi connectivity index (χ2v) is 7.31. The number of imide groups is 1. The van der Waals surface area contributed by atoms with Crippen LogP contribution >= 0.6 is 0 Å². The Morgan fingerprint density at radius 3 is 2.59 bits per heavy atom. The van der Waals surface area contributed by atoms with Gasteiger partial charge in [-0.2, -0.15) is 0 Å². The number of ether oxygens (including phenoxy) is 3. The molecule has 1 atom stereocenters. The molecule has 0 saturated carbocycles. The average Bonchev–Trinajstić information content (AvgIpc) is 3.38. The lowest BCUT2D eigenvalue weighted by molar-refractivity contribution is -0.123. The summed E-state index contributed by atoms with van der Waals surface area (Å²) in [7, 11) is 0. The second kappa shape index (κ2) is 10.9. The molecule has 1 aliphatic heterocycles. The van der Waals surface area contributed by atoms with E-state index >= 15 is 0 Å². The van der Waals surface area contributed by atoms with Crippen molar-refractivity contribution in [2.75, 3.05) is 25.1 Å². The standard InChI is InChI=1S/C24H23N3O7/c28-22(27-24(30)26-13-17-14-32-20-9-3-4-10-21(20)34-17)15-33-23(29)18-7-1-2-8-19(18)25-12-16-6-5-11-31-16/h1-11,17,25H,12-15H2,(H2,26,27,28,30). The van der Waals surface area contributed by atoms with Gasteiger partial charge in [0.2, 0.25) is 0 Å². The normalized spacial score (nSPS) is 14.1. The Labute approximate surface area is 195 Å². The molecule has 0 radical (unpaired) electrons. The Morgan fingerprint density at radius 2 is 1.76 bits per heavy atom. The van der Waals surface area contributed by atoms with Crippen molar-refractivity contribution in [2.24, 2.45) is 0 Å². The maximum atomic E-state index is 12.5. The zero-order chi connectivity index (χ0) is 23.8. The predicted octanol–water partition coefficient (Wildman–Crippen LogP) is 2.71. The molecule has 10 heteroatoms. The van der Waals surface area contributed by atoms with Crippen molar-refractivity contribution in [1.82, 2.24) is 10.6 Å². The molecule has 176 valence electrons. The van der Waals surface area contributed by atoms with Crippen LogP contribution in [0.4, 0.5) is 10.5 Å². The van der Waals surface area contributed by atoms with Gasteiger partial charge in [-0.15, -0.1) is 0 Å². The minimum atomic E-state index is -0.766. The molecule has 0 bridgehead atoms. The zero-order valence-electron chi connectivity index (χ0n) is 18.1. The van der Waals surface area contributed by atoms with Crippen molar-refractivity contribution >= 4 is 23.6 Å². The van der Waals surface area contributed by atoms with E-state index in [0.717, 1.165) is 0 Å². The van der Waals surface area contributed by atoms with Crippen LogP contribution in [0.25, 0.3) is 0 Å². The van der Waals surface area contributed by atoms with E-state index in [2.05, 4.69) is 16.0 Å². The van der Waals surface area contributed by atoms with Gasteiger partial charge in [-0.1, -0.05) is 24.3 Å². The lowest BCUT2D eigenvalue weighted by Gasteiger charge is -2.26. The highest BCUT2D eigenvalue weighted by Gasteiger charge is 2.22. The first-order chi connectivity index (χ1) is 16.6. The maximum absolute atomic E-state index is 12.5. The van der Waals surface area contributed by atoms with Crippen LogP contribution < -0.4 is 25.4 Å². The van der Waals surface area contributed by atoms with Gasteiger partial charge in [0, 0.05) is 5.69 Å². The summed E-state index contributed by atoms with van der Waals surface area (Å²) in [6.45, 7) is 0.145. The Kier molecular flexibility index (Phi) is 7.28. The van der Waals surface area contributed by atoms with Crippen molar-refractivity contribution in [2.45, 2.75) is 12.6 Å². The minimum absolute atomic E-state index is 0.127. The Hall–Kier alpha value is -4.47. The number of hydrogen-bond donors (Lipinski definition) is 3. The maximum Gasteiger partial charge on any atom is 0.340 e. The van der Waals surface area contributed by atoms with Gasteiger partial charge in [-0.3, -0.25) is 10.1 Å². The quantitative estimate of drug-likeness (QED) is 0.433. The van der Waals surface area contributed by atoms with Crippen molar-refractivity contribution in [3.05, 3.63) is 78.3 Å². The van der Waals surface area contributed by atoms with E-state index in [4.69, 9.17) is 18.6 Å². The molecule has 3 amide bonds. The van der Waals surface area contributed by atoms with Gasteiger partial charge in [-0.05, 0) is 36.4 Å². The van der Waals surface area contributed by atoms with Crippen molar-refractivity contribution < 1.29 is 33.0 Å². The van der Waals surface area contributed by atoms with Gasteiger partial charge in [-0.25, -0.2) is 9.59 Å². The largest absolute Gasteiger partial charge is 0.486 e. The number of amides is 3. The summed E-state index contributed by atoms with van der Waals surface area (Å²) in [5.74, 6) is 0.450. The molecule has 0 aliphatic carbocycles. The number of esters is 1. The van der Waals surface area contributed by atoms with Crippen molar-refractivity contribution in [3.8, 4) is 11.5 Å². The summed E-state index contributed by atoms with van der Waals surface area (Å²) >= 11 is 0. The van der Waals surface area contributed by atoms with E-state index in [1.807, 2.05) is 12.1 Å². The number of nitrogens with one attached hydrogen (secondary N) is 3. The molecular formula is C24H23N3O7. The fraction of sp³-hybridized carbons (Fsp3) is 0.208. The highest BCUT2D eigenvalue weighted by Crippen LogP contribution is 2.30. The summed E-state index contributed by atoms with van der Waals surface area (Å²) < 4.78 is 21.6. The number of benzene rings is 2. The third-order valence-corrected chi connectivity index (χ3v) is 4.83. The van der Waals surface area contributed by atoms with E-state index in [0.29, 0.717) is 29.5 Å². The number of carbonyl (C=O) groups excluding carboxylic acids is 3. The predicted molar refractivity (Wildman–Crippen MR) is 121 cm³/mol. The van der Waals surface area contributed by atoms with Gasteiger partial charge in [0.1, 0.15) is 12.4 Å². The number of fused-ring (bicyclic) bond motifs is 1. The van der Waals surface area contributed by atoms with Crippen LogP contribution in [0.1, 0.15) is 16.1 Å². The lowest BCUT2D eigenvalue weighted by atomic mass is 10.2. The van der Waals surface area contributed by atoms with Crippen LogP contribution in [0, 0.1) is 0 Å². The molecule has 0 fully saturated rings. The van der Waals surface area contributed by atoms with Gasteiger partial charge in [0.15, 0.2) is 24.2 Å². The Balaban J connectivity index is 1.20. The molecule has 0 spiro atoms. The highest BCUT2D eigenvalue weighted by molar-refractivity contribution is 5.99. The monoisotopic (exact) mass is 465 g/mol. The van der Waals surface area contributed by atoms with E-state index in [1.165, 1.54) is 0 Å². The van der Waals surface area contributed by atoms with Gasteiger partial charge < -0.3 is 29.3 Å². The van der Waals surface area contributed by atoms with Crippen LogP contribution in [0.15, 0.2) is 71.3 Å². The van der Waals surface area contributed by atoms with E-state index < -0.39 is 30.6 Å². The number of hydrogen-bond acceptors (Lipinski definition) is 8. The minimum Gasteiger partial charge on any atom is -0.486 e. The van der Waals surface area contributed by atoms with Gasteiger partial charge in [0.25, 0.3) is 5.91 Å². The van der Waals surface area contributed by atoms with E-state index in [1.54, 1.807) is 54.8 Å². The Bertz CT molecular complexity index is 1150. The first kappa shape index (κ1) is 22.7. The third-order valence-electron chi connectivity index (χ3n) is 4.83.